The van der Waals surface area contributed by atoms with Crippen LogP contribution < -0.4 is 0 Å². The lowest BCUT2D eigenvalue weighted by Crippen LogP contribution is -2.20. The molecular formula is C17H34O. The van der Waals surface area contributed by atoms with Crippen LogP contribution in [0.4, 0.5) is 0 Å². The van der Waals surface area contributed by atoms with Crippen molar-refractivity contribution in [2.45, 2.75) is 78.1 Å². The molecule has 0 aromatic rings. The van der Waals surface area contributed by atoms with Crippen LogP contribution in [0.5, 0.6) is 0 Å². The van der Waals surface area contributed by atoms with Crippen molar-refractivity contribution in [2.24, 2.45) is 17.8 Å². The minimum absolute atomic E-state index is 0.943. The summed E-state index contributed by atoms with van der Waals surface area (Å²) >= 11 is 0. The molecule has 18 heavy (non-hydrogen) atoms. The number of hydrogen-bond donors (Lipinski definition) is 0. The normalized spacial score (nSPS) is 28.5. The van der Waals surface area contributed by atoms with Crippen molar-refractivity contribution in [2.75, 3.05) is 13.7 Å². The molecule has 0 heterocycles. The van der Waals surface area contributed by atoms with E-state index in [9.17, 15) is 0 Å². The topological polar surface area (TPSA) is 9.23 Å². The molecule has 1 aliphatic rings. The van der Waals surface area contributed by atoms with Crippen molar-refractivity contribution >= 4 is 0 Å². The maximum absolute atomic E-state index is 5.07. The van der Waals surface area contributed by atoms with E-state index in [2.05, 4.69) is 13.8 Å². The van der Waals surface area contributed by atoms with E-state index in [4.69, 9.17) is 4.74 Å². The molecule has 0 N–H and O–H groups in total. The molecule has 0 aromatic heterocycles. The molecule has 108 valence electrons. The zero-order chi connectivity index (χ0) is 13.2. The van der Waals surface area contributed by atoms with Gasteiger partial charge in [-0.1, -0.05) is 65.2 Å². The Morgan fingerprint density at radius 3 is 2.17 bits per heavy atom. The summed E-state index contributed by atoms with van der Waals surface area (Å²) in [6, 6.07) is 0. The minimum atomic E-state index is 0.943. The second-order valence-electron chi connectivity index (χ2n) is 6.54. The zero-order valence-electron chi connectivity index (χ0n) is 12.9. The third-order valence-corrected chi connectivity index (χ3v) is 4.92. The SMILES string of the molecule is COCCCCCCCCC1CCC(C)C(C)C1. The summed E-state index contributed by atoms with van der Waals surface area (Å²) in [5.41, 5.74) is 0. The Morgan fingerprint density at radius 1 is 0.833 bits per heavy atom. The fraction of sp³-hybridized carbons (Fsp3) is 1.00. The van der Waals surface area contributed by atoms with Crippen LogP contribution in [0.3, 0.4) is 0 Å². The molecule has 0 spiro atoms. The van der Waals surface area contributed by atoms with E-state index in [-0.39, 0.29) is 0 Å². The first-order valence-corrected chi connectivity index (χ1v) is 8.23. The summed E-state index contributed by atoms with van der Waals surface area (Å²) in [5, 5.41) is 0. The average molecular weight is 254 g/mol. The number of rotatable bonds is 9. The Bertz CT molecular complexity index is 190. The van der Waals surface area contributed by atoms with E-state index >= 15 is 0 Å². The van der Waals surface area contributed by atoms with E-state index in [1.807, 2.05) is 0 Å². The molecule has 1 fully saturated rings. The second kappa shape index (κ2) is 9.83. The van der Waals surface area contributed by atoms with Crippen LogP contribution in [-0.2, 0) is 4.74 Å². The fourth-order valence-corrected chi connectivity index (χ4v) is 3.31. The molecule has 0 saturated heterocycles. The summed E-state index contributed by atoms with van der Waals surface area (Å²) < 4.78 is 5.07. The molecule has 1 aliphatic carbocycles. The van der Waals surface area contributed by atoms with Crippen LogP contribution in [-0.4, -0.2) is 13.7 Å². The van der Waals surface area contributed by atoms with Crippen molar-refractivity contribution in [3.05, 3.63) is 0 Å². The maximum Gasteiger partial charge on any atom is 0.0462 e. The number of unbranched alkanes of at least 4 members (excludes halogenated alkanes) is 5. The molecule has 0 aliphatic heterocycles. The molecule has 0 bridgehead atoms. The Morgan fingerprint density at radius 2 is 1.50 bits per heavy atom. The monoisotopic (exact) mass is 254 g/mol. The third-order valence-electron chi connectivity index (χ3n) is 4.92. The predicted molar refractivity (Wildman–Crippen MR) is 79.9 cm³/mol. The zero-order valence-corrected chi connectivity index (χ0v) is 12.9. The van der Waals surface area contributed by atoms with Crippen LogP contribution >= 0.6 is 0 Å². The van der Waals surface area contributed by atoms with E-state index in [1.165, 1.54) is 64.2 Å². The van der Waals surface area contributed by atoms with Gasteiger partial charge in [-0.3, -0.25) is 0 Å². The van der Waals surface area contributed by atoms with Gasteiger partial charge in [-0.05, 0) is 30.6 Å². The maximum atomic E-state index is 5.07. The van der Waals surface area contributed by atoms with Crippen LogP contribution in [0, 0.1) is 17.8 Å². The van der Waals surface area contributed by atoms with Crippen molar-refractivity contribution in [3.8, 4) is 0 Å². The summed E-state index contributed by atoms with van der Waals surface area (Å²) in [6.45, 7) is 5.83. The van der Waals surface area contributed by atoms with Gasteiger partial charge in [0, 0.05) is 13.7 Å². The number of methoxy groups -OCH3 is 1. The van der Waals surface area contributed by atoms with Crippen LogP contribution in [0.1, 0.15) is 78.1 Å². The molecule has 1 saturated carbocycles. The van der Waals surface area contributed by atoms with Crippen LogP contribution in [0.15, 0.2) is 0 Å². The lowest BCUT2D eigenvalue weighted by Gasteiger charge is -2.32. The van der Waals surface area contributed by atoms with Gasteiger partial charge < -0.3 is 4.74 Å². The highest BCUT2D eigenvalue weighted by Crippen LogP contribution is 2.35. The molecule has 0 amide bonds. The molecular weight excluding hydrogens is 220 g/mol. The summed E-state index contributed by atoms with van der Waals surface area (Å²) in [6.07, 6.45) is 14.3. The van der Waals surface area contributed by atoms with E-state index < -0.39 is 0 Å². The molecule has 0 radical (unpaired) electrons. The second-order valence-corrected chi connectivity index (χ2v) is 6.54. The smallest absolute Gasteiger partial charge is 0.0462 e. The molecule has 3 atom stereocenters. The highest BCUT2D eigenvalue weighted by molar-refractivity contribution is 4.75. The quantitative estimate of drug-likeness (QED) is 0.498. The minimum Gasteiger partial charge on any atom is -0.385 e. The van der Waals surface area contributed by atoms with Gasteiger partial charge in [-0.2, -0.15) is 0 Å². The molecule has 1 heteroatoms. The Labute approximate surface area is 115 Å². The molecule has 1 rings (SSSR count). The fourth-order valence-electron chi connectivity index (χ4n) is 3.31. The predicted octanol–water partition coefficient (Wildman–Crippen LogP) is 5.44. The first-order chi connectivity index (χ1) is 8.74. The van der Waals surface area contributed by atoms with Crippen LogP contribution in [0.2, 0.25) is 0 Å². The van der Waals surface area contributed by atoms with E-state index in [0.29, 0.717) is 0 Å². The van der Waals surface area contributed by atoms with E-state index in [0.717, 1.165) is 24.4 Å². The molecule has 3 unspecified atom stereocenters. The largest absolute Gasteiger partial charge is 0.385 e. The van der Waals surface area contributed by atoms with Gasteiger partial charge in [0.25, 0.3) is 0 Å². The van der Waals surface area contributed by atoms with Gasteiger partial charge in [0.2, 0.25) is 0 Å². The van der Waals surface area contributed by atoms with E-state index in [1.54, 1.807) is 7.11 Å². The first-order valence-electron chi connectivity index (χ1n) is 8.23. The van der Waals surface area contributed by atoms with Gasteiger partial charge in [-0.25, -0.2) is 0 Å². The lowest BCUT2D eigenvalue weighted by molar-refractivity contribution is 0.191. The van der Waals surface area contributed by atoms with Crippen molar-refractivity contribution in [3.63, 3.8) is 0 Å². The lowest BCUT2D eigenvalue weighted by atomic mass is 9.74. The summed E-state index contributed by atoms with van der Waals surface area (Å²) in [7, 11) is 1.80. The van der Waals surface area contributed by atoms with Crippen molar-refractivity contribution in [1.29, 1.82) is 0 Å². The number of ether oxygens (including phenoxy) is 1. The Kier molecular flexibility index (Phi) is 8.75. The Balaban J connectivity index is 1.89. The van der Waals surface area contributed by atoms with Crippen molar-refractivity contribution < 1.29 is 4.74 Å². The highest BCUT2D eigenvalue weighted by atomic mass is 16.5. The van der Waals surface area contributed by atoms with Crippen molar-refractivity contribution in [1.82, 2.24) is 0 Å². The number of hydrogen-bond acceptors (Lipinski definition) is 1. The standard InChI is InChI=1S/C17H34O/c1-15-11-12-17(14-16(15)2)10-8-6-4-5-7-9-13-18-3/h15-17H,4-14H2,1-3H3. The van der Waals surface area contributed by atoms with Gasteiger partial charge in [0.15, 0.2) is 0 Å². The van der Waals surface area contributed by atoms with Gasteiger partial charge in [-0.15, -0.1) is 0 Å². The average Bonchev–Trinajstić information content (AvgIpc) is 2.37. The van der Waals surface area contributed by atoms with Gasteiger partial charge in [0.05, 0.1) is 0 Å². The summed E-state index contributed by atoms with van der Waals surface area (Å²) in [5.74, 6) is 2.99. The Hall–Kier alpha value is -0.0400. The first kappa shape index (κ1) is 16.0. The molecule has 1 nitrogen and oxygen atoms in total. The van der Waals surface area contributed by atoms with Gasteiger partial charge in [0.1, 0.15) is 0 Å². The van der Waals surface area contributed by atoms with Crippen LogP contribution in [0.25, 0.3) is 0 Å². The molecule has 0 aromatic carbocycles. The highest BCUT2D eigenvalue weighted by Gasteiger charge is 2.23. The summed E-state index contributed by atoms with van der Waals surface area (Å²) in [4.78, 5) is 0. The third kappa shape index (κ3) is 6.78. The van der Waals surface area contributed by atoms with Gasteiger partial charge >= 0.3 is 0 Å².